The molecular weight excluding hydrogens is 432 g/mol. The maximum absolute atomic E-state index is 12.9. The summed E-state index contributed by atoms with van der Waals surface area (Å²) in [6.45, 7) is 7.52. The molecule has 1 unspecified atom stereocenters. The van der Waals surface area contributed by atoms with E-state index in [0.29, 0.717) is 26.2 Å². The number of nitrogens with one attached hydrogen (secondary N) is 1. The number of aryl methyl sites for hydroxylation is 1. The van der Waals surface area contributed by atoms with Gasteiger partial charge in [-0.15, -0.1) is 0 Å². The molecule has 1 aromatic heterocycles. The molecular formula is C26H30N4O4. The first-order valence-corrected chi connectivity index (χ1v) is 11.4. The van der Waals surface area contributed by atoms with E-state index in [4.69, 9.17) is 9.94 Å². The van der Waals surface area contributed by atoms with Gasteiger partial charge in [-0.25, -0.2) is 10.3 Å². The lowest BCUT2D eigenvalue weighted by atomic mass is 10.0. The third-order valence-corrected chi connectivity index (χ3v) is 6.09. The van der Waals surface area contributed by atoms with Crippen LogP contribution in [0.4, 0.5) is 4.79 Å². The highest BCUT2D eigenvalue weighted by atomic mass is 16.5. The zero-order valence-corrected chi connectivity index (χ0v) is 19.7. The van der Waals surface area contributed by atoms with Crippen LogP contribution in [0.2, 0.25) is 0 Å². The highest BCUT2D eigenvalue weighted by molar-refractivity contribution is 5.87. The number of para-hydroxylation sites is 1. The average Bonchev–Trinajstić information content (AvgIpc) is 3.17. The van der Waals surface area contributed by atoms with E-state index >= 15 is 0 Å². The van der Waals surface area contributed by atoms with Gasteiger partial charge in [0.15, 0.2) is 0 Å². The van der Waals surface area contributed by atoms with Crippen molar-refractivity contribution < 1.29 is 19.5 Å². The van der Waals surface area contributed by atoms with Gasteiger partial charge in [0.2, 0.25) is 0 Å². The fourth-order valence-electron chi connectivity index (χ4n) is 4.46. The smallest absolute Gasteiger partial charge is 0.321 e. The van der Waals surface area contributed by atoms with Crippen molar-refractivity contribution in [3.05, 3.63) is 71.4 Å². The Kier molecular flexibility index (Phi) is 6.98. The minimum atomic E-state index is -0.703. The Balaban J connectivity index is 1.38. The van der Waals surface area contributed by atoms with Crippen molar-refractivity contribution in [3.8, 4) is 5.75 Å². The lowest BCUT2D eigenvalue weighted by molar-refractivity contribution is -0.135. The number of hydrogen-bond donors (Lipinski definition) is 2. The molecule has 2 N–H and O–H groups in total. The molecule has 0 saturated carbocycles. The van der Waals surface area contributed by atoms with Crippen molar-refractivity contribution in [2.24, 2.45) is 5.92 Å². The molecule has 2 heterocycles. The summed E-state index contributed by atoms with van der Waals surface area (Å²) in [6.07, 6.45) is 0. The van der Waals surface area contributed by atoms with Crippen molar-refractivity contribution in [1.82, 2.24) is 20.3 Å². The van der Waals surface area contributed by atoms with Crippen molar-refractivity contribution in [2.45, 2.75) is 40.0 Å². The van der Waals surface area contributed by atoms with E-state index in [2.05, 4.69) is 4.98 Å². The van der Waals surface area contributed by atoms with Crippen LogP contribution in [0.3, 0.4) is 0 Å². The summed E-state index contributed by atoms with van der Waals surface area (Å²) in [4.78, 5) is 32.8. The number of hydroxylamine groups is 1. The molecule has 0 aliphatic carbocycles. The number of fused-ring (bicyclic) bond motifs is 1. The van der Waals surface area contributed by atoms with Crippen LogP contribution in [-0.4, -0.2) is 51.1 Å². The quantitative estimate of drug-likeness (QED) is 0.391. The van der Waals surface area contributed by atoms with E-state index in [1.54, 1.807) is 10.4 Å². The summed E-state index contributed by atoms with van der Waals surface area (Å²) in [5.41, 5.74) is 5.65. The van der Waals surface area contributed by atoms with Gasteiger partial charge in [-0.1, -0.05) is 44.2 Å². The largest absolute Gasteiger partial charge is 0.489 e. The van der Waals surface area contributed by atoms with Crippen LogP contribution in [-0.2, 0) is 17.9 Å². The van der Waals surface area contributed by atoms with Crippen LogP contribution >= 0.6 is 0 Å². The lowest BCUT2D eigenvalue weighted by Crippen LogP contribution is -2.50. The number of nitrogens with zero attached hydrogens (tertiary/aromatic N) is 3. The molecule has 1 saturated heterocycles. The highest BCUT2D eigenvalue weighted by Gasteiger charge is 2.38. The van der Waals surface area contributed by atoms with Crippen molar-refractivity contribution >= 4 is 22.8 Å². The molecule has 34 heavy (non-hydrogen) atoms. The van der Waals surface area contributed by atoms with Gasteiger partial charge in [-0.05, 0) is 42.7 Å². The summed E-state index contributed by atoms with van der Waals surface area (Å²) in [5, 5.41) is 10.1. The van der Waals surface area contributed by atoms with Gasteiger partial charge in [-0.2, -0.15) is 0 Å². The molecule has 8 nitrogen and oxygen atoms in total. The lowest BCUT2D eigenvalue weighted by Gasteiger charge is -2.29. The number of benzene rings is 2. The topological polar surface area (TPSA) is 95.0 Å². The van der Waals surface area contributed by atoms with Gasteiger partial charge in [0.25, 0.3) is 5.91 Å². The highest BCUT2D eigenvalue weighted by Crippen LogP contribution is 2.23. The molecule has 2 aromatic carbocycles. The van der Waals surface area contributed by atoms with Crippen LogP contribution in [0, 0.1) is 12.8 Å². The number of amides is 3. The van der Waals surface area contributed by atoms with Crippen LogP contribution in [0.15, 0.2) is 54.6 Å². The molecule has 3 amide bonds. The number of aromatic nitrogens is 1. The van der Waals surface area contributed by atoms with Gasteiger partial charge in [-0.3, -0.25) is 15.0 Å². The fourth-order valence-corrected chi connectivity index (χ4v) is 4.46. The van der Waals surface area contributed by atoms with Crippen molar-refractivity contribution in [3.63, 3.8) is 0 Å². The first-order chi connectivity index (χ1) is 16.4. The van der Waals surface area contributed by atoms with Gasteiger partial charge >= 0.3 is 6.03 Å². The molecule has 4 rings (SSSR count). The zero-order valence-electron chi connectivity index (χ0n) is 19.7. The van der Waals surface area contributed by atoms with Gasteiger partial charge in [0.05, 0.1) is 5.52 Å². The molecule has 1 atom stereocenters. The fraction of sp³-hybridized carbons (Fsp3) is 0.346. The van der Waals surface area contributed by atoms with E-state index in [0.717, 1.165) is 33.5 Å². The van der Waals surface area contributed by atoms with Gasteiger partial charge in [0.1, 0.15) is 18.4 Å². The first kappa shape index (κ1) is 23.5. The van der Waals surface area contributed by atoms with Crippen molar-refractivity contribution in [2.75, 3.05) is 13.1 Å². The van der Waals surface area contributed by atoms with Crippen LogP contribution < -0.4 is 10.2 Å². The van der Waals surface area contributed by atoms with Gasteiger partial charge in [0, 0.05) is 36.3 Å². The summed E-state index contributed by atoms with van der Waals surface area (Å²) in [7, 11) is 0. The summed E-state index contributed by atoms with van der Waals surface area (Å²) in [5.74, 6) is 0.0637. The molecule has 8 heteroatoms. The monoisotopic (exact) mass is 462 g/mol. The van der Waals surface area contributed by atoms with E-state index in [1.165, 1.54) is 4.90 Å². The maximum Gasteiger partial charge on any atom is 0.321 e. The number of rotatable bonds is 8. The number of carbonyl (C=O) groups excluding carboxylic acids is 2. The van der Waals surface area contributed by atoms with Crippen LogP contribution in [0.5, 0.6) is 5.75 Å². The van der Waals surface area contributed by atoms with Crippen LogP contribution in [0.25, 0.3) is 10.9 Å². The second-order valence-electron chi connectivity index (χ2n) is 8.93. The molecule has 0 spiro atoms. The number of ether oxygens (including phenoxy) is 1. The number of urea groups is 1. The Morgan fingerprint density at radius 2 is 1.88 bits per heavy atom. The molecule has 178 valence electrons. The normalized spacial score (nSPS) is 14.7. The van der Waals surface area contributed by atoms with E-state index in [9.17, 15) is 9.59 Å². The Labute approximate surface area is 199 Å². The Bertz CT molecular complexity index is 1180. The third-order valence-electron chi connectivity index (χ3n) is 6.09. The summed E-state index contributed by atoms with van der Waals surface area (Å²) < 4.78 is 6.03. The van der Waals surface area contributed by atoms with E-state index in [1.807, 2.05) is 75.4 Å². The molecule has 0 radical (unpaired) electrons. The first-order valence-electron chi connectivity index (χ1n) is 11.4. The summed E-state index contributed by atoms with van der Waals surface area (Å²) >= 11 is 0. The Morgan fingerprint density at radius 3 is 2.59 bits per heavy atom. The minimum absolute atomic E-state index is 0.117. The zero-order chi connectivity index (χ0) is 24.2. The molecule has 0 bridgehead atoms. The standard InChI is InChI=1S/C26H30N4O4/c1-17(2)24(25(31)28-33)30-13-12-29(26(30)32)15-19-8-10-21(11-9-19)34-16-20-14-18(3)27-23-7-5-4-6-22(20)23/h4-11,14,17,24,33H,12-13,15-16H2,1-3H3,(H,28,31). The van der Waals surface area contributed by atoms with E-state index < -0.39 is 11.9 Å². The maximum atomic E-state index is 12.9. The predicted molar refractivity (Wildman–Crippen MR) is 128 cm³/mol. The Morgan fingerprint density at radius 1 is 1.15 bits per heavy atom. The van der Waals surface area contributed by atoms with Gasteiger partial charge < -0.3 is 14.5 Å². The number of pyridine rings is 1. The third kappa shape index (κ3) is 4.97. The van der Waals surface area contributed by atoms with Crippen LogP contribution in [0.1, 0.15) is 30.7 Å². The molecule has 1 aliphatic heterocycles. The predicted octanol–water partition coefficient (Wildman–Crippen LogP) is 3.89. The number of carbonyl (C=O) groups is 2. The Hall–Kier alpha value is -3.65. The van der Waals surface area contributed by atoms with Crippen molar-refractivity contribution in [1.29, 1.82) is 0 Å². The molecule has 1 aliphatic rings. The minimum Gasteiger partial charge on any atom is -0.489 e. The second-order valence-corrected chi connectivity index (χ2v) is 8.93. The molecule has 1 fully saturated rings. The summed E-state index contributed by atoms with van der Waals surface area (Å²) in [6, 6.07) is 16.9. The van der Waals surface area contributed by atoms with E-state index in [-0.39, 0.29) is 11.9 Å². The second kappa shape index (κ2) is 10.1. The molecule has 3 aromatic rings. The SMILES string of the molecule is Cc1cc(COc2ccc(CN3CCN(C(C(=O)NO)C(C)C)C3=O)cc2)c2ccccc2n1. The average molecular weight is 463 g/mol. The number of hydrogen-bond acceptors (Lipinski definition) is 5.